The SMILES string of the molecule is Cc1ccc(C(=O)OC[C@@H]2O[C@H](n3cc(F)c(N)nc3=O)[C@@H](I)[C@@H]2OC(=O)c2ccc(C)cc2)cc1. The van der Waals surface area contributed by atoms with Crippen LogP contribution in [0.25, 0.3) is 0 Å². The average molecular weight is 607 g/mol. The van der Waals surface area contributed by atoms with Gasteiger partial charge in [0.05, 0.1) is 21.2 Å². The molecular weight excluding hydrogens is 584 g/mol. The van der Waals surface area contributed by atoms with Crippen LogP contribution < -0.4 is 11.4 Å². The molecule has 1 fully saturated rings. The Morgan fingerprint density at radius 1 is 1.06 bits per heavy atom. The van der Waals surface area contributed by atoms with E-state index >= 15 is 0 Å². The predicted molar refractivity (Wildman–Crippen MR) is 136 cm³/mol. The van der Waals surface area contributed by atoms with Gasteiger partial charge in [-0.3, -0.25) is 4.57 Å². The number of carbonyl (C=O) groups is 2. The van der Waals surface area contributed by atoms with E-state index in [1.165, 1.54) is 0 Å². The normalized spacial score (nSPS) is 21.2. The number of halogens is 2. The molecule has 0 aliphatic carbocycles. The molecule has 188 valence electrons. The molecule has 0 unspecified atom stereocenters. The Balaban J connectivity index is 1.58. The maximum atomic E-state index is 14.1. The average Bonchev–Trinajstić information content (AvgIpc) is 3.15. The third-order valence-electron chi connectivity index (χ3n) is 5.67. The summed E-state index contributed by atoms with van der Waals surface area (Å²) in [5, 5.41) is 0. The van der Waals surface area contributed by atoms with Gasteiger partial charge in [-0.25, -0.2) is 18.8 Å². The van der Waals surface area contributed by atoms with E-state index in [-0.39, 0.29) is 6.61 Å². The number of nitrogens with zero attached hydrogens (tertiary/aromatic N) is 2. The van der Waals surface area contributed by atoms with E-state index in [4.69, 9.17) is 19.9 Å². The Morgan fingerprint density at radius 2 is 1.61 bits per heavy atom. The van der Waals surface area contributed by atoms with E-state index < -0.39 is 51.6 Å². The molecule has 1 saturated heterocycles. The van der Waals surface area contributed by atoms with E-state index in [9.17, 15) is 18.8 Å². The van der Waals surface area contributed by atoms with Crippen molar-refractivity contribution in [3.05, 3.63) is 93.3 Å². The smallest absolute Gasteiger partial charge is 0.351 e. The molecule has 2 N–H and O–H groups in total. The summed E-state index contributed by atoms with van der Waals surface area (Å²) in [6.07, 6.45) is -2.03. The maximum absolute atomic E-state index is 14.1. The molecule has 1 aromatic heterocycles. The van der Waals surface area contributed by atoms with Crippen molar-refractivity contribution in [2.24, 2.45) is 0 Å². The lowest BCUT2D eigenvalue weighted by molar-refractivity contribution is -0.0582. The largest absolute Gasteiger partial charge is 0.459 e. The number of alkyl halides is 1. The second-order valence-corrected chi connectivity index (χ2v) is 9.81. The Hall–Kier alpha value is -3.32. The van der Waals surface area contributed by atoms with Crippen molar-refractivity contribution in [2.45, 2.75) is 36.2 Å². The van der Waals surface area contributed by atoms with Crippen LogP contribution in [0.5, 0.6) is 0 Å². The number of hydrogen-bond donors (Lipinski definition) is 1. The van der Waals surface area contributed by atoms with Crippen LogP contribution in [0.3, 0.4) is 0 Å². The zero-order chi connectivity index (χ0) is 26.0. The summed E-state index contributed by atoms with van der Waals surface area (Å²) in [4.78, 5) is 41.3. The number of carbonyl (C=O) groups excluding carboxylic acids is 2. The first-order valence-electron chi connectivity index (χ1n) is 11.0. The van der Waals surface area contributed by atoms with E-state index in [0.717, 1.165) is 21.9 Å². The van der Waals surface area contributed by atoms with Crippen molar-refractivity contribution in [1.82, 2.24) is 9.55 Å². The number of anilines is 1. The lowest BCUT2D eigenvalue weighted by atomic mass is 10.1. The van der Waals surface area contributed by atoms with E-state index in [1.807, 2.05) is 36.4 Å². The Morgan fingerprint density at radius 3 is 2.19 bits per heavy atom. The standard InChI is InChI=1S/C25H23FIN3O6/c1-13-3-7-15(8-4-13)23(31)34-12-18-20(36-24(32)16-9-5-14(2)6-10-16)19(27)22(35-18)30-11-17(26)21(28)29-25(30)33/h3-11,18-20,22H,12H2,1-2H3,(H2,28,29,33)/t18-,19-,20+,22-/m0/s1. The minimum atomic E-state index is -1.06. The summed E-state index contributed by atoms with van der Waals surface area (Å²) in [7, 11) is 0. The van der Waals surface area contributed by atoms with Gasteiger partial charge >= 0.3 is 17.6 Å². The van der Waals surface area contributed by atoms with Crippen molar-refractivity contribution < 1.29 is 28.2 Å². The molecule has 36 heavy (non-hydrogen) atoms. The van der Waals surface area contributed by atoms with Crippen LogP contribution in [0, 0.1) is 19.7 Å². The molecule has 11 heteroatoms. The van der Waals surface area contributed by atoms with Crippen LogP contribution in [-0.4, -0.2) is 44.2 Å². The lowest BCUT2D eigenvalue weighted by Gasteiger charge is -2.21. The first kappa shape index (κ1) is 25.8. The van der Waals surface area contributed by atoms with Crippen LogP contribution in [0.1, 0.15) is 38.1 Å². The van der Waals surface area contributed by atoms with Gasteiger partial charge in [-0.05, 0) is 38.1 Å². The number of hydrogen-bond acceptors (Lipinski definition) is 8. The molecule has 0 saturated carbocycles. The highest BCUT2D eigenvalue weighted by molar-refractivity contribution is 14.1. The molecule has 2 aromatic carbocycles. The number of benzene rings is 2. The van der Waals surface area contributed by atoms with Crippen LogP contribution in [0.2, 0.25) is 0 Å². The van der Waals surface area contributed by atoms with Crippen molar-refractivity contribution in [2.75, 3.05) is 12.3 Å². The number of rotatable bonds is 6. The molecule has 0 amide bonds. The maximum Gasteiger partial charge on any atom is 0.351 e. The number of esters is 2. The van der Waals surface area contributed by atoms with E-state index in [2.05, 4.69) is 4.98 Å². The Bertz CT molecular complexity index is 1330. The third kappa shape index (κ3) is 5.57. The summed E-state index contributed by atoms with van der Waals surface area (Å²) in [6, 6.07) is 13.6. The lowest BCUT2D eigenvalue weighted by Crippen LogP contribution is -2.37. The van der Waals surface area contributed by atoms with Gasteiger partial charge in [-0.2, -0.15) is 4.98 Å². The zero-order valence-electron chi connectivity index (χ0n) is 19.4. The fraction of sp³-hybridized carbons (Fsp3) is 0.280. The number of aryl methyl sites for hydroxylation is 2. The number of aromatic nitrogens is 2. The molecule has 4 atom stereocenters. The van der Waals surface area contributed by atoms with Gasteiger partial charge in [0.1, 0.15) is 18.8 Å². The monoisotopic (exact) mass is 607 g/mol. The van der Waals surface area contributed by atoms with Crippen molar-refractivity contribution in [1.29, 1.82) is 0 Å². The number of ether oxygens (including phenoxy) is 3. The first-order valence-corrected chi connectivity index (χ1v) is 12.2. The second kappa shape index (κ2) is 10.7. The first-order chi connectivity index (χ1) is 17.1. The second-order valence-electron chi connectivity index (χ2n) is 8.37. The minimum absolute atomic E-state index is 0.270. The highest BCUT2D eigenvalue weighted by atomic mass is 127. The summed E-state index contributed by atoms with van der Waals surface area (Å²) in [6.45, 7) is 3.52. The number of nitrogens with two attached hydrogens (primary N) is 1. The summed E-state index contributed by atoms with van der Waals surface area (Å²) in [5.74, 6) is -2.64. The Kier molecular flexibility index (Phi) is 7.69. The van der Waals surface area contributed by atoms with Gasteiger partial charge in [-0.1, -0.05) is 58.0 Å². The molecule has 4 rings (SSSR count). The molecule has 0 spiro atoms. The van der Waals surface area contributed by atoms with Gasteiger partial charge in [0.15, 0.2) is 17.9 Å². The van der Waals surface area contributed by atoms with Crippen LogP contribution in [0.15, 0.2) is 59.5 Å². The molecule has 3 aromatic rings. The fourth-order valence-electron chi connectivity index (χ4n) is 3.64. The Labute approximate surface area is 219 Å². The quantitative estimate of drug-likeness (QED) is 0.257. The summed E-state index contributed by atoms with van der Waals surface area (Å²) in [5.41, 5.74) is 7.18. The molecular formula is C25H23FIN3O6. The van der Waals surface area contributed by atoms with Gasteiger partial charge in [-0.15, -0.1) is 0 Å². The fourth-order valence-corrected chi connectivity index (χ4v) is 4.77. The summed E-state index contributed by atoms with van der Waals surface area (Å²) >= 11 is 1.96. The predicted octanol–water partition coefficient (Wildman–Crippen LogP) is 3.37. The third-order valence-corrected chi connectivity index (χ3v) is 7.00. The zero-order valence-corrected chi connectivity index (χ0v) is 21.5. The molecule has 0 radical (unpaired) electrons. The van der Waals surface area contributed by atoms with Crippen molar-refractivity contribution in [3.8, 4) is 0 Å². The van der Waals surface area contributed by atoms with Gasteiger partial charge < -0.3 is 19.9 Å². The van der Waals surface area contributed by atoms with E-state index in [1.54, 1.807) is 48.5 Å². The van der Waals surface area contributed by atoms with E-state index in [0.29, 0.717) is 11.1 Å². The van der Waals surface area contributed by atoms with Gasteiger partial charge in [0.2, 0.25) is 0 Å². The molecule has 1 aliphatic heterocycles. The highest BCUT2D eigenvalue weighted by Gasteiger charge is 2.48. The molecule has 0 bridgehead atoms. The minimum Gasteiger partial charge on any atom is -0.459 e. The van der Waals surface area contributed by atoms with Gasteiger partial charge in [0.25, 0.3) is 0 Å². The van der Waals surface area contributed by atoms with Crippen LogP contribution in [-0.2, 0) is 14.2 Å². The molecule has 1 aliphatic rings. The van der Waals surface area contributed by atoms with Crippen LogP contribution in [0.4, 0.5) is 10.2 Å². The van der Waals surface area contributed by atoms with Crippen molar-refractivity contribution in [3.63, 3.8) is 0 Å². The molecule has 9 nitrogen and oxygen atoms in total. The molecule has 2 heterocycles. The topological polar surface area (TPSA) is 123 Å². The summed E-state index contributed by atoms with van der Waals surface area (Å²) < 4.78 is 31.5. The van der Waals surface area contributed by atoms with Crippen molar-refractivity contribution >= 4 is 40.3 Å². The van der Waals surface area contributed by atoms with Crippen LogP contribution >= 0.6 is 22.6 Å². The van der Waals surface area contributed by atoms with Gasteiger partial charge in [0, 0.05) is 0 Å². The number of nitrogen functional groups attached to an aromatic ring is 1. The highest BCUT2D eigenvalue weighted by Crippen LogP contribution is 2.37.